The van der Waals surface area contributed by atoms with E-state index in [1.807, 2.05) is 20.8 Å². The smallest absolute Gasteiger partial charge is 0.434 e. The van der Waals surface area contributed by atoms with Gasteiger partial charge in [-0.2, -0.15) is 5.06 Å². The molecule has 17 heavy (non-hydrogen) atoms. The molecule has 4 nitrogen and oxygen atoms in total. The predicted octanol–water partition coefficient (Wildman–Crippen LogP) is 3.47. The number of rotatable bonds is 5. The van der Waals surface area contributed by atoms with Crippen molar-refractivity contribution in [2.45, 2.75) is 53.6 Å². The van der Waals surface area contributed by atoms with Crippen LogP contribution in [0.3, 0.4) is 0 Å². The Morgan fingerprint density at radius 2 is 1.76 bits per heavy atom. The van der Waals surface area contributed by atoms with Gasteiger partial charge in [-0.3, -0.25) is 4.84 Å². The summed E-state index contributed by atoms with van der Waals surface area (Å²) in [5.41, 5.74) is -0.489. The zero-order valence-electron chi connectivity index (χ0n) is 12.2. The molecular formula is C13H27NO3. The van der Waals surface area contributed by atoms with Gasteiger partial charge in [0.2, 0.25) is 0 Å². The molecule has 102 valence electrons. The van der Waals surface area contributed by atoms with Crippen LogP contribution in [0.1, 0.15) is 48.0 Å². The molecular weight excluding hydrogens is 218 g/mol. The molecule has 0 N–H and O–H groups in total. The first-order valence-electron chi connectivity index (χ1n) is 6.22. The summed E-state index contributed by atoms with van der Waals surface area (Å²) in [5, 5.41) is 1.28. The highest BCUT2D eigenvalue weighted by Crippen LogP contribution is 2.16. The fourth-order valence-electron chi connectivity index (χ4n) is 1.22. The van der Waals surface area contributed by atoms with E-state index < -0.39 is 11.7 Å². The van der Waals surface area contributed by atoms with Crippen LogP contribution in [0.2, 0.25) is 0 Å². The van der Waals surface area contributed by atoms with E-state index in [0.717, 1.165) is 6.42 Å². The van der Waals surface area contributed by atoms with E-state index in [4.69, 9.17) is 9.57 Å². The fourth-order valence-corrected chi connectivity index (χ4v) is 1.22. The number of carbonyl (C=O) groups is 1. The van der Waals surface area contributed by atoms with Crippen molar-refractivity contribution in [2.75, 3.05) is 13.7 Å². The number of hydroxylamine groups is 2. The Balaban J connectivity index is 4.20. The summed E-state index contributed by atoms with van der Waals surface area (Å²) in [6, 6.07) is 0. The van der Waals surface area contributed by atoms with E-state index in [9.17, 15) is 4.79 Å². The molecule has 0 aliphatic heterocycles. The number of carbonyl (C=O) groups excluding carboxylic acids is 1. The van der Waals surface area contributed by atoms with E-state index in [1.54, 1.807) is 0 Å². The van der Waals surface area contributed by atoms with E-state index in [0.29, 0.717) is 18.4 Å². The zero-order chi connectivity index (χ0) is 13.6. The Hall–Kier alpha value is -0.770. The van der Waals surface area contributed by atoms with Crippen molar-refractivity contribution in [1.82, 2.24) is 5.06 Å². The van der Waals surface area contributed by atoms with Gasteiger partial charge in [-0.1, -0.05) is 20.8 Å². The van der Waals surface area contributed by atoms with Gasteiger partial charge in [-0.05, 0) is 39.0 Å². The molecule has 0 aromatic heterocycles. The summed E-state index contributed by atoms with van der Waals surface area (Å²) in [6.07, 6.45) is 0.487. The maximum Gasteiger partial charge on any atom is 0.434 e. The molecule has 0 fully saturated rings. The lowest BCUT2D eigenvalue weighted by molar-refractivity contribution is -0.125. The SMILES string of the molecule is CON(CC[C@@H](C)C(C)C)C(=O)OC(C)(C)C. The molecule has 0 aliphatic carbocycles. The highest BCUT2D eigenvalue weighted by Gasteiger charge is 2.22. The monoisotopic (exact) mass is 245 g/mol. The van der Waals surface area contributed by atoms with Crippen molar-refractivity contribution >= 4 is 6.09 Å². The molecule has 0 radical (unpaired) electrons. The summed E-state index contributed by atoms with van der Waals surface area (Å²) in [5.74, 6) is 1.16. The lowest BCUT2D eigenvalue weighted by Gasteiger charge is -2.26. The third kappa shape index (κ3) is 7.21. The van der Waals surface area contributed by atoms with Gasteiger partial charge in [0.25, 0.3) is 0 Å². The van der Waals surface area contributed by atoms with Crippen molar-refractivity contribution in [3.8, 4) is 0 Å². The topological polar surface area (TPSA) is 38.8 Å². The van der Waals surface area contributed by atoms with Crippen molar-refractivity contribution in [3.63, 3.8) is 0 Å². The first-order chi connectivity index (χ1) is 7.67. The molecule has 0 saturated heterocycles. The van der Waals surface area contributed by atoms with Crippen LogP contribution in [-0.2, 0) is 9.57 Å². The minimum Gasteiger partial charge on any atom is -0.442 e. The average molecular weight is 245 g/mol. The van der Waals surface area contributed by atoms with Crippen LogP contribution in [0.5, 0.6) is 0 Å². The molecule has 1 amide bonds. The fraction of sp³-hybridized carbons (Fsp3) is 0.923. The molecule has 0 rings (SSSR count). The van der Waals surface area contributed by atoms with Crippen LogP contribution >= 0.6 is 0 Å². The largest absolute Gasteiger partial charge is 0.442 e. The van der Waals surface area contributed by atoms with Crippen molar-refractivity contribution in [2.24, 2.45) is 11.8 Å². The second-order valence-electron chi connectivity index (χ2n) is 5.77. The summed E-state index contributed by atoms with van der Waals surface area (Å²) in [7, 11) is 1.49. The van der Waals surface area contributed by atoms with Gasteiger partial charge in [0.15, 0.2) is 0 Å². The van der Waals surface area contributed by atoms with E-state index in [2.05, 4.69) is 20.8 Å². The minimum atomic E-state index is -0.489. The molecule has 0 spiro atoms. The number of nitrogens with zero attached hydrogens (tertiary/aromatic N) is 1. The predicted molar refractivity (Wildman–Crippen MR) is 68.6 cm³/mol. The quantitative estimate of drug-likeness (QED) is 0.696. The number of hydrogen-bond donors (Lipinski definition) is 0. The third-order valence-corrected chi connectivity index (χ3v) is 2.74. The van der Waals surface area contributed by atoms with Crippen molar-refractivity contribution in [3.05, 3.63) is 0 Å². The Morgan fingerprint density at radius 1 is 1.24 bits per heavy atom. The molecule has 0 aliphatic rings. The third-order valence-electron chi connectivity index (χ3n) is 2.74. The van der Waals surface area contributed by atoms with Crippen LogP contribution in [0.25, 0.3) is 0 Å². The first kappa shape index (κ1) is 16.2. The summed E-state index contributed by atoms with van der Waals surface area (Å²) in [4.78, 5) is 16.8. The maximum atomic E-state index is 11.8. The van der Waals surface area contributed by atoms with Crippen LogP contribution in [0.4, 0.5) is 4.79 Å². The van der Waals surface area contributed by atoms with Gasteiger partial charge < -0.3 is 4.74 Å². The van der Waals surface area contributed by atoms with Crippen LogP contribution in [-0.4, -0.2) is 30.4 Å². The minimum absolute atomic E-state index is 0.420. The van der Waals surface area contributed by atoms with E-state index in [-0.39, 0.29) is 0 Å². The molecule has 0 bridgehead atoms. The molecule has 0 aromatic carbocycles. The van der Waals surface area contributed by atoms with Gasteiger partial charge >= 0.3 is 6.09 Å². The number of ether oxygens (including phenoxy) is 1. The lowest BCUT2D eigenvalue weighted by Crippen LogP contribution is -2.37. The Morgan fingerprint density at radius 3 is 2.12 bits per heavy atom. The molecule has 0 aromatic rings. The number of hydrogen-bond acceptors (Lipinski definition) is 3. The first-order valence-corrected chi connectivity index (χ1v) is 6.22. The van der Waals surface area contributed by atoms with Gasteiger partial charge in [0.05, 0.1) is 13.7 Å². The molecule has 0 heterocycles. The van der Waals surface area contributed by atoms with Crippen molar-refractivity contribution < 1.29 is 14.4 Å². The van der Waals surface area contributed by atoms with Crippen LogP contribution in [0, 0.1) is 11.8 Å². The number of amides is 1. The van der Waals surface area contributed by atoms with Crippen LogP contribution in [0.15, 0.2) is 0 Å². The van der Waals surface area contributed by atoms with Crippen molar-refractivity contribution in [1.29, 1.82) is 0 Å². The Kier molecular flexibility index (Phi) is 6.53. The normalized spacial score (nSPS) is 13.6. The van der Waals surface area contributed by atoms with E-state index >= 15 is 0 Å². The van der Waals surface area contributed by atoms with Crippen LogP contribution < -0.4 is 0 Å². The Bertz CT molecular complexity index is 233. The highest BCUT2D eigenvalue weighted by molar-refractivity contribution is 5.66. The van der Waals surface area contributed by atoms with Gasteiger partial charge in [-0.15, -0.1) is 0 Å². The van der Waals surface area contributed by atoms with Gasteiger partial charge in [0.1, 0.15) is 5.60 Å². The second kappa shape index (κ2) is 6.84. The summed E-state index contributed by atoms with van der Waals surface area (Å²) >= 11 is 0. The summed E-state index contributed by atoms with van der Waals surface area (Å²) in [6.45, 7) is 12.6. The molecule has 0 unspecified atom stereocenters. The molecule has 1 atom stereocenters. The van der Waals surface area contributed by atoms with E-state index in [1.165, 1.54) is 12.2 Å². The highest BCUT2D eigenvalue weighted by atomic mass is 16.7. The van der Waals surface area contributed by atoms with Gasteiger partial charge in [0, 0.05) is 0 Å². The second-order valence-corrected chi connectivity index (χ2v) is 5.77. The average Bonchev–Trinajstić information content (AvgIpc) is 2.15. The van der Waals surface area contributed by atoms with Gasteiger partial charge in [-0.25, -0.2) is 4.79 Å². The maximum absolute atomic E-state index is 11.8. The Labute approximate surface area is 105 Å². The standard InChI is InChI=1S/C13H27NO3/c1-10(2)11(3)8-9-14(16-7)12(15)17-13(4,5)6/h10-11H,8-9H2,1-7H3/t11-/m1/s1. The zero-order valence-corrected chi connectivity index (χ0v) is 12.2. The summed E-state index contributed by atoms with van der Waals surface area (Å²) < 4.78 is 5.25. The molecule has 0 saturated carbocycles. The lowest BCUT2D eigenvalue weighted by atomic mass is 9.95. The molecule has 4 heteroatoms.